The zero-order valence-corrected chi connectivity index (χ0v) is 14.6. The highest BCUT2D eigenvalue weighted by atomic mass is 19.4. The Labute approximate surface area is 159 Å². The topological polar surface area (TPSA) is 72.7 Å². The molecule has 3 aromatic rings. The normalized spacial score (nSPS) is 11.6. The Morgan fingerprint density at radius 1 is 1.10 bits per heavy atom. The Morgan fingerprint density at radius 2 is 1.76 bits per heavy atom. The Bertz CT molecular complexity index is 1040. The van der Waals surface area contributed by atoms with Gasteiger partial charge in [0.2, 0.25) is 0 Å². The smallest absolute Gasteiger partial charge is 0.305 e. The SMILES string of the molecule is CCn1cc(-c2cnc(NC(=O)c3c(F)cc(F)cc3F)cn2)c(C(F)(F)F)n1. The largest absolute Gasteiger partial charge is 0.435 e. The van der Waals surface area contributed by atoms with E-state index in [4.69, 9.17) is 0 Å². The second-order valence-corrected chi connectivity index (χ2v) is 5.73. The average Bonchev–Trinajstić information content (AvgIpc) is 3.06. The fourth-order valence-corrected chi connectivity index (χ4v) is 2.45. The van der Waals surface area contributed by atoms with Gasteiger partial charge in [-0.05, 0) is 6.92 Å². The van der Waals surface area contributed by atoms with Crippen LogP contribution >= 0.6 is 0 Å². The number of halogens is 6. The first-order valence-electron chi connectivity index (χ1n) is 8.03. The molecule has 0 unspecified atom stereocenters. The van der Waals surface area contributed by atoms with Crippen LogP contribution in [0.4, 0.5) is 32.2 Å². The van der Waals surface area contributed by atoms with E-state index in [0.29, 0.717) is 12.1 Å². The predicted octanol–water partition coefficient (Wildman–Crippen LogP) is 4.05. The monoisotopic (exact) mass is 415 g/mol. The molecule has 3 rings (SSSR count). The highest BCUT2D eigenvalue weighted by Crippen LogP contribution is 2.35. The quantitative estimate of drug-likeness (QED) is 0.653. The molecule has 0 radical (unpaired) electrons. The summed E-state index contributed by atoms with van der Waals surface area (Å²) in [6.45, 7) is 1.80. The minimum atomic E-state index is -4.72. The number of carbonyl (C=O) groups is 1. The van der Waals surface area contributed by atoms with Crippen LogP contribution in [0.25, 0.3) is 11.3 Å². The number of benzene rings is 1. The predicted molar refractivity (Wildman–Crippen MR) is 88.2 cm³/mol. The molecule has 0 saturated carbocycles. The molecule has 1 aromatic carbocycles. The number of nitrogens with one attached hydrogen (secondary N) is 1. The third-order valence-electron chi connectivity index (χ3n) is 3.76. The molecule has 2 aromatic heterocycles. The van der Waals surface area contributed by atoms with Gasteiger partial charge in [-0.2, -0.15) is 18.3 Å². The molecule has 6 nitrogen and oxygen atoms in total. The maximum atomic E-state index is 13.6. The number of nitrogens with zero attached hydrogens (tertiary/aromatic N) is 4. The van der Waals surface area contributed by atoms with Gasteiger partial charge in [0.25, 0.3) is 5.91 Å². The summed E-state index contributed by atoms with van der Waals surface area (Å²) in [5, 5.41) is 5.49. The van der Waals surface area contributed by atoms with E-state index < -0.39 is 40.8 Å². The molecule has 1 N–H and O–H groups in total. The van der Waals surface area contributed by atoms with Gasteiger partial charge in [0.1, 0.15) is 23.0 Å². The molecule has 0 saturated heterocycles. The van der Waals surface area contributed by atoms with Gasteiger partial charge in [-0.3, -0.25) is 14.5 Å². The number of aromatic nitrogens is 4. The molecule has 12 heteroatoms. The van der Waals surface area contributed by atoms with Gasteiger partial charge in [-0.25, -0.2) is 18.2 Å². The van der Waals surface area contributed by atoms with Gasteiger partial charge in [0, 0.05) is 24.9 Å². The maximum absolute atomic E-state index is 13.6. The molecule has 152 valence electrons. The molecule has 0 aliphatic carbocycles. The van der Waals surface area contributed by atoms with Crippen molar-refractivity contribution in [3.8, 4) is 11.3 Å². The van der Waals surface area contributed by atoms with E-state index >= 15 is 0 Å². The van der Waals surface area contributed by atoms with E-state index in [-0.39, 0.29) is 23.6 Å². The molecule has 1 amide bonds. The molecule has 0 fully saturated rings. The second-order valence-electron chi connectivity index (χ2n) is 5.73. The van der Waals surface area contributed by atoms with Crippen molar-refractivity contribution in [1.29, 1.82) is 0 Å². The Kier molecular flexibility index (Phi) is 5.27. The molecule has 0 spiro atoms. The first-order valence-corrected chi connectivity index (χ1v) is 8.03. The molecule has 0 bridgehead atoms. The van der Waals surface area contributed by atoms with E-state index in [9.17, 15) is 31.1 Å². The van der Waals surface area contributed by atoms with E-state index in [2.05, 4.69) is 15.1 Å². The second kappa shape index (κ2) is 7.53. The standard InChI is InChI=1S/C17H11F6N5O/c1-2-28-7-9(15(27-28)17(21,22)23)12-5-25-13(6-24-12)26-16(29)14-10(19)3-8(18)4-11(14)20/h3-7H,2H2,1H3,(H,25,26,29). The van der Waals surface area contributed by atoms with Crippen molar-refractivity contribution in [2.24, 2.45) is 0 Å². The number of hydrogen-bond donors (Lipinski definition) is 1. The van der Waals surface area contributed by atoms with Gasteiger partial charge in [0.05, 0.1) is 23.7 Å². The van der Waals surface area contributed by atoms with Gasteiger partial charge in [-0.1, -0.05) is 0 Å². The highest BCUT2D eigenvalue weighted by molar-refractivity contribution is 6.04. The minimum absolute atomic E-state index is 0.172. The molecule has 29 heavy (non-hydrogen) atoms. The molecule has 0 aliphatic heterocycles. The Morgan fingerprint density at radius 3 is 2.28 bits per heavy atom. The van der Waals surface area contributed by atoms with Crippen molar-refractivity contribution in [3.63, 3.8) is 0 Å². The van der Waals surface area contributed by atoms with Crippen molar-refractivity contribution in [3.05, 3.63) is 59.4 Å². The number of rotatable bonds is 4. The van der Waals surface area contributed by atoms with Crippen LogP contribution < -0.4 is 5.32 Å². The van der Waals surface area contributed by atoms with Crippen LogP contribution in [-0.2, 0) is 12.7 Å². The van der Waals surface area contributed by atoms with Crippen molar-refractivity contribution in [2.75, 3.05) is 5.32 Å². The van der Waals surface area contributed by atoms with Gasteiger partial charge < -0.3 is 5.32 Å². The van der Waals surface area contributed by atoms with Crippen molar-refractivity contribution < 1.29 is 31.1 Å². The van der Waals surface area contributed by atoms with Crippen LogP contribution in [-0.4, -0.2) is 25.7 Å². The minimum Gasteiger partial charge on any atom is -0.305 e. The fourth-order valence-electron chi connectivity index (χ4n) is 2.45. The third-order valence-corrected chi connectivity index (χ3v) is 3.76. The van der Waals surface area contributed by atoms with Gasteiger partial charge in [-0.15, -0.1) is 0 Å². The van der Waals surface area contributed by atoms with Crippen LogP contribution in [0.2, 0.25) is 0 Å². The summed E-state index contributed by atoms with van der Waals surface area (Å²) < 4.78 is 80.7. The first kappa shape index (κ1) is 20.3. The molecule has 2 heterocycles. The van der Waals surface area contributed by atoms with Crippen molar-refractivity contribution in [1.82, 2.24) is 19.7 Å². The number of aryl methyl sites for hydroxylation is 1. The lowest BCUT2D eigenvalue weighted by molar-refractivity contribution is -0.141. The summed E-state index contributed by atoms with van der Waals surface area (Å²) in [5.41, 5.74) is -2.68. The number of hydrogen-bond acceptors (Lipinski definition) is 4. The van der Waals surface area contributed by atoms with E-state index in [0.717, 1.165) is 23.3 Å². The van der Waals surface area contributed by atoms with Gasteiger partial charge >= 0.3 is 6.18 Å². The third kappa shape index (κ3) is 4.20. The van der Waals surface area contributed by atoms with Gasteiger partial charge in [0.15, 0.2) is 11.5 Å². The molecular formula is C17H11F6N5O. The van der Waals surface area contributed by atoms with Crippen molar-refractivity contribution in [2.45, 2.75) is 19.6 Å². The summed E-state index contributed by atoms with van der Waals surface area (Å²) in [6, 6.07) is 0.660. The lowest BCUT2D eigenvalue weighted by atomic mass is 10.1. The first-order chi connectivity index (χ1) is 13.6. The van der Waals surface area contributed by atoms with Crippen LogP contribution in [0.1, 0.15) is 23.0 Å². The highest BCUT2D eigenvalue weighted by Gasteiger charge is 2.38. The number of anilines is 1. The van der Waals surface area contributed by atoms with Crippen LogP contribution in [0.3, 0.4) is 0 Å². The van der Waals surface area contributed by atoms with E-state index in [1.807, 2.05) is 5.32 Å². The molecule has 0 aliphatic rings. The maximum Gasteiger partial charge on any atom is 0.435 e. The van der Waals surface area contributed by atoms with E-state index in [1.54, 1.807) is 6.92 Å². The van der Waals surface area contributed by atoms with Crippen LogP contribution in [0.15, 0.2) is 30.7 Å². The average molecular weight is 415 g/mol. The Balaban J connectivity index is 1.87. The number of amides is 1. The zero-order chi connectivity index (χ0) is 21.3. The lowest BCUT2D eigenvalue weighted by Crippen LogP contribution is -2.17. The molecular weight excluding hydrogens is 404 g/mol. The Hall–Kier alpha value is -3.44. The summed E-state index contributed by atoms with van der Waals surface area (Å²) in [5.74, 6) is -5.60. The lowest BCUT2D eigenvalue weighted by Gasteiger charge is -2.08. The summed E-state index contributed by atoms with van der Waals surface area (Å²) >= 11 is 0. The fraction of sp³-hybridized carbons (Fsp3) is 0.176. The van der Waals surface area contributed by atoms with E-state index in [1.165, 1.54) is 0 Å². The molecule has 0 atom stereocenters. The van der Waals surface area contributed by atoms with Crippen LogP contribution in [0.5, 0.6) is 0 Å². The zero-order valence-electron chi connectivity index (χ0n) is 14.6. The van der Waals surface area contributed by atoms with Crippen LogP contribution in [0, 0.1) is 17.5 Å². The summed E-state index contributed by atoms with van der Waals surface area (Å²) in [7, 11) is 0. The summed E-state index contributed by atoms with van der Waals surface area (Å²) in [6.07, 6.45) is -1.72. The number of carbonyl (C=O) groups excluding carboxylic acids is 1. The number of alkyl halides is 3. The summed E-state index contributed by atoms with van der Waals surface area (Å²) in [4.78, 5) is 19.5. The van der Waals surface area contributed by atoms with Crippen molar-refractivity contribution >= 4 is 11.7 Å².